The van der Waals surface area contributed by atoms with E-state index >= 15 is 0 Å². The van der Waals surface area contributed by atoms with Gasteiger partial charge in [-0.15, -0.1) is 0 Å². The predicted octanol–water partition coefficient (Wildman–Crippen LogP) is 3.36. The van der Waals surface area contributed by atoms with Crippen molar-refractivity contribution in [2.75, 3.05) is 0 Å². The molecule has 0 unspecified atom stereocenters. The molecule has 0 saturated heterocycles. The Bertz CT molecular complexity index is 185. The van der Waals surface area contributed by atoms with E-state index in [-0.39, 0.29) is 0 Å². The van der Waals surface area contributed by atoms with Gasteiger partial charge in [-0.2, -0.15) is 0 Å². The Balaban J connectivity index is 4.43. The summed E-state index contributed by atoms with van der Waals surface area (Å²) in [7, 11) is 0. The van der Waals surface area contributed by atoms with Gasteiger partial charge in [0.25, 0.3) is 0 Å². The molecule has 0 fully saturated rings. The summed E-state index contributed by atoms with van der Waals surface area (Å²) in [5.74, 6) is -0.755. The molecule has 0 bridgehead atoms. The first-order valence-electron chi connectivity index (χ1n) is 4.24. The predicted molar refractivity (Wildman–Crippen MR) is 58.5 cm³/mol. The lowest BCUT2D eigenvalue weighted by molar-refractivity contribution is -0.132. The molecule has 0 atom stereocenters. The summed E-state index contributed by atoms with van der Waals surface area (Å²) >= 11 is 2.14. The molecule has 70 valence electrons. The third-order valence-corrected chi connectivity index (χ3v) is 2.75. The van der Waals surface area contributed by atoms with Crippen LogP contribution in [0.2, 0.25) is 0 Å². The number of aliphatic carboxylic acids is 1. The number of allylic oxidation sites excluding steroid dienone is 1. The fourth-order valence-corrected chi connectivity index (χ4v) is 2.02. The third-order valence-electron chi connectivity index (χ3n) is 1.56. The Morgan fingerprint density at radius 3 is 2.08 bits per heavy atom. The van der Waals surface area contributed by atoms with Gasteiger partial charge in [0, 0.05) is 9.15 Å². The average Bonchev–Trinajstić information content (AvgIpc) is 1.99. The highest BCUT2D eigenvalue weighted by atomic mass is 127. The molecule has 0 amide bonds. The van der Waals surface area contributed by atoms with Crippen LogP contribution < -0.4 is 0 Å². The van der Waals surface area contributed by atoms with E-state index in [1.807, 2.05) is 6.92 Å². The number of carboxylic acid groups (broad SMARTS) is 1. The summed E-state index contributed by atoms with van der Waals surface area (Å²) in [5.41, 5.74) is 0.597. The van der Waals surface area contributed by atoms with Gasteiger partial charge in [-0.1, -0.05) is 26.7 Å². The van der Waals surface area contributed by atoms with Gasteiger partial charge in [-0.3, -0.25) is 0 Å². The summed E-state index contributed by atoms with van der Waals surface area (Å²) in [6.07, 6.45) is 3.49. The first kappa shape index (κ1) is 11.9. The largest absolute Gasteiger partial charge is 0.478 e. The van der Waals surface area contributed by atoms with Crippen LogP contribution in [0.15, 0.2) is 9.15 Å². The Morgan fingerprint density at radius 1 is 1.25 bits per heavy atom. The van der Waals surface area contributed by atoms with Gasteiger partial charge >= 0.3 is 5.97 Å². The van der Waals surface area contributed by atoms with Gasteiger partial charge in [0.1, 0.15) is 0 Å². The van der Waals surface area contributed by atoms with E-state index in [0.717, 1.165) is 22.8 Å². The van der Waals surface area contributed by atoms with Crippen LogP contribution in [0.5, 0.6) is 0 Å². The number of carboxylic acids is 1. The molecule has 0 saturated carbocycles. The van der Waals surface area contributed by atoms with E-state index < -0.39 is 5.97 Å². The minimum atomic E-state index is -0.755. The van der Waals surface area contributed by atoms with Crippen LogP contribution in [0.4, 0.5) is 0 Å². The van der Waals surface area contributed by atoms with Gasteiger partial charge in [0.15, 0.2) is 0 Å². The van der Waals surface area contributed by atoms with Crippen LogP contribution in [-0.2, 0) is 4.79 Å². The quantitative estimate of drug-likeness (QED) is 0.620. The van der Waals surface area contributed by atoms with E-state index in [1.54, 1.807) is 0 Å². The maximum Gasteiger partial charge on any atom is 0.332 e. The highest BCUT2D eigenvalue weighted by molar-refractivity contribution is 14.1. The second kappa shape index (κ2) is 6.46. The molecule has 1 N–H and O–H groups in total. The number of carbonyl (C=O) groups is 1. The molecular weight excluding hydrogens is 267 g/mol. The summed E-state index contributed by atoms with van der Waals surface area (Å²) in [6, 6.07) is 0. The molecule has 12 heavy (non-hydrogen) atoms. The number of halogens is 1. The first-order valence-corrected chi connectivity index (χ1v) is 5.32. The van der Waals surface area contributed by atoms with Crippen molar-refractivity contribution in [1.29, 1.82) is 0 Å². The zero-order valence-electron chi connectivity index (χ0n) is 7.56. The molecule has 0 rings (SSSR count). The second-order valence-electron chi connectivity index (χ2n) is 2.69. The zero-order chi connectivity index (χ0) is 9.56. The van der Waals surface area contributed by atoms with Crippen LogP contribution in [0.3, 0.4) is 0 Å². The van der Waals surface area contributed by atoms with Gasteiger partial charge in [0.2, 0.25) is 0 Å². The molecule has 0 aromatic heterocycles. The van der Waals surface area contributed by atoms with Crippen LogP contribution in [0, 0.1) is 0 Å². The summed E-state index contributed by atoms with van der Waals surface area (Å²) in [4.78, 5) is 10.7. The molecule has 0 aliphatic carbocycles. The minimum Gasteiger partial charge on any atom is -0.478 e. The van der Waals surface area contributed by atoms with E-state index in [2.05, 4.69) is 29.5 Å². The Labute approximate surface area is 87.2 Å². The van der Waals surface area contributed by atoms with Crippen LogP contribution in [0.1, 0.15) is 39.5 Å². The highest BCUT2D eigenvalue weighted by Crippen LogP contribution is 2.22. The van der Waals surface area contributed by atoms with Crippen molar-refractivity contribution in [3.05, 3.63) is 9.15 Å². The Hall–Kier alpha value is -0.0600. The molecule has 0 aromatic carbocycles. The zero-order valence-corrected chi connectivity index (χ0v) is 9.72. The van der Waals surface area contributed by atoms with E-state index in [4.69, 9.17) is 5.11 Å². The third kappa shape index (κ3) is 4.09. The van der Waals surface area contributed by atoms with Crippen LogP contribution >= 0.6 is 22.6 Å². The fourth-order valence-electron chi connectivity index (χ4n) is 0.979. The monoisotopic (exact) mass is 282 g/mol. The summed E-state index contributed by atoms with van der Waals surface area (Å²) in [6.45, 7) is 4.06. The SMILES string of the molecule is CCC/C(I)=C(\CCC)C(=O)O. The van der Waals surface area contributed by atoms with Gasteiger partial charge in [0.05, 0.1) is 0 Å². The molecule has 2 nitrogen and oxygen atoms in total. The topological polar surface area (TPSA) is 37.3 Å². The van der Waals surface area contributed by atoms with E-state index in [0.29, 0.717) is 12.0 Å². The van der Waals surface area contributed by atoms with Crippen LogP contribution in [0.25, 0.3) is 0 Å². The molecule has 0 aromatic rings. The molecule has 0 aliphatic rings. The lowest BCUT2D eigenvalue weighted by Crippen LogP contribution is -2.02. The molecular formula is C9H15IO2. The smallest absolute Gasteiger partial charge is 0.332 e. The number of rotatable bonds is 5. The van der Waals surface area contributed by atoms with Gasteiger partial charge < -0.3 is 5.11 Å². The first-order chi connectivity index (χ1) is 5.63. The van der Waals surface area contributed by atoms with Crippen molar-refractivity contribution in [2.24, 2.45) is 0 Å². The average molecular weight is 282 g/mol. The van der Waals surface area contributed by atoms with Crippen molar-refractivity contribution in [3.8, 4) is 0 Å². The van der Waals surface area contributed by atoms with Gasteiger partial charge in [-0.25, -0.2) is 4.79 Å². The van der Waals surface area contributed by atoms with Gasteiger partial charge in [-0.05, 0) is 35.4 Å². The standard InChI is InChI=1S/C9H15IO2/c1-3-5-7(9(11)12)8(10)6-4-2/h3-6H2,1-2H3,(H,11,12)/b8-7-. The Morgan fingerprint density at radius 2 is 1.75 bits per heavy atom. The highest BCUT2D eigenvalue weighted by Gasteiger charge is 2.10. The summed E-state index contributed by atoms with van der Waals surface area (Å²) in [5, 5.41) is 8.84. The van der Waals surface area contributed by atoms with E-state index in [9.17, 15) is 4.79 Å². The van der Waals surface area contributed by atoms with Crippen molar-refractivity contribution < 1.29 is 9.90 Å². The lowest BCUT2D eigenvalue weighted by Gasteiger charge is -2.03. The molecule has 0 spiro atoms. The molecule has 3 heteroatoms. The maximum atomic E-state index is 10.7. The van der Waals surface area contributed by atoms with Crippen molar-refractivity contribution in [3.63, 3.8) is 0 Å². The molecule has 0 aliphatic heterocycles. The van der Waals surface area contributed by atoms with Crippen molar-refractivity contribution in [2.45, 2.75) is 39.5 Å². The van der Waals surface area contributed by atoms with Crippen molar-refractivity contribution >= 4 is 28.6 Å². The minimum absolute atomic E-state index is 0.597. The van der Waals surface area contributed by atoms with Crippen LogP contribution in [-0.4, -0.2) is 11.1 Å². The Kier molecular flexibility index (Phi) is 6.42. The normalized spacial score (nSPS) is 12.6. The molecule has 0 radical (unpaired) electrons. The lowest BCUT2D eigenvalue weighted by atomic mass is 10.1. The summed E-state index contributed by atoms with van der Waals surface area (Å²) < 4.78 is 1.00. The fraction of sp³-hybridized carbons (Fsp3) is 0.667. The number of hydrogen-bond acceptors (Lipinski definition) is 1. The second-order valence-corrected chi connectivity index (χ2v) is 3.99. The maximum absolute atomic E-state index is 10.7. The number of hydrogen-bond donors (Lipinski definition) is 1. The molecule has 0 heterocycles. The van der Waals surface area contributed by atoms with Crippen molar-refractivity contribution in [1.82, 2.24) is 0 Å². The van der Waals surface area contributed by atoms with E-state index in [1.165, 1.54) is 0 Å².